The zero-order valence-electron chi connectivity index (χ0n) is 30.2. The Labute approximate surface area is 319 Å². The van der Waals surface area contributed by atoms with Crippen molar-refractivity contribution in [1.29, 1.82) is 5.26 Å². The van der Waals surface area contributed by atoms with Gasteiger partial charge < -0.3 is 4.74 Å². The molecule has 0 saturated heterocycles. The number of benzene rings is 7. The van der Waals surface area contributed by atoms with Gasteiger partial charge in [-0.1, -0.05) is 127 Å². The summed E-state index contributed by atoms with van der Waals surface area (Å²) in [5.74, 6) is 1.55. The average molecular weight is 713 g/mol. The van der Waals surface area contributed by atoms with Crippen molar-refractivity contribution >= 4 is 0 Å². The van der Waals surface area contributed by atoms with Crippen LogP contribution in [0.5, 0.6) is 5.75 Å². The molecule has 7 aromatic carbocycles. The molecule has 5 nitrogen and oxygen atoms in total. The van der Waals surface area contributed by atoms with E-state index >= 15 is 4.39 Å². The van der Waals surface area contributed by atoms with Crippen molar-refractivity contribution in [3.8, 4) is 90.5 Å². The van der Waals surface area contributed by atoms with E-state index in [4.69, 9.17) is 19.7 Å². The molecular weight excluding hydrogens is 680 g/mol. The Morgan fingerprint density at radius 3 is 1.82 bits per heavy atom. The van der Waals surface area contributed by atoms with Gasteiger partial charge in [0.2, 0.25) is 0 Å². The summed E-state index contributed by atoms with van der Waals surface area (Å²) in [6, 6.07) is 55.0. The Kier molecular flexibility index (Phi) is 8.33. The number of hydrogen-bond donors (Lipinski definition) is 0. The van der Waals surface area contributed by atoms with Crippen molar-refractivity contribution < 1.29 is 9.13 Å². The smallest absolute Gasteiger partial charge is 0.164 e. The minimum absolute atomic E-state index is 0.333. The molecule has 0 unspecified atom stereocenters. The van der Waals surface area contributed by atoms with Gasteiger partial charge in [0, 0.05) is 27.8 Å². The quantitative estimate of drug-likeness (QED) is 0.172. The lowest BCUT2D eigenvalue weighted by molar-refractivity contribution is 0.106. The molecule has 8 aromatic rings. The number of ether oxygens (including phenoxy) is 1. The molecule has 262 valence electrons. The molecule has 0 saturated carbocycles. The van der Waals surface area contributed by atoms with Crippen molar-refractivity contribution in [3.05, 3.63) is 181 Å². The molecule has 55 heavy (non-hydrogen) atoms. The van der Waals surface area contributed by atoms with Crippen molar-refractivity contribution in [2.24, 2.45) is 0 Å². The van der Waals surface area contributed by atoms with E-state index in [-0.39, 0.29) is 0 Å². The second-order valence-corrected chi connectivity index (χ2v) is 14.1. The second-order valence-electron chi connectivity index (χ2n) is 14.1. The standard InChI is InChI=1S/C49H33FN4O/c1-49(2)44-18-9-8-17-42(44)43-24-23-34(29-45(43)55-49)38-26-39(28-40(50)27-38)48-53-46(33-21-19-32(20-22-33)31-11-4-3-5-12-31)52-47(54-48)36-15-10-14-35(25-36)41-16-7-6-13-37(41)30-51/h3-29H,1-2H3. The van der Waals surface area contributed by atoms with Crippen LogP contribution in [0.25, 0.3) is 78.7 Å². The zero-order valence-corrected chi connectivity index (χ0v) is 30.2. The number of nitriles is 1. The Morgan fingerprint density at radius 2 is 1.04 bits per heavy atom. The average Bonchev–Trinajstić information content (AvgIpc) is 3.23. The largest absolute Gasteiger partial charge is 0.482 e. The van der Waals surface area contributed by atoms with Crippen molar-refractivity contribution in [3.63, 3.8) is 0 Å². The van der Waals surface area contributed by atoms with Crippen LogP contribution in [0, 0.1) is 17.1 Å². The maximum atomic E-state index is 15.7. The van der Waals surface area contributed by atoms with Crippen LogP contribution < -0.4 is 4.74 Å². The van der Waals surface area contributed by atoms with E-state index in [0.29, 0.717) is 34.2 Å². The van der Waals surface area contributed by atoms with Gasteiger partial charge in [-0.05, 0) is 89.2 Å². The summed E-state index contributed by atoms with van der Waals surface area (Å²) in [7, 11) is 0. The first-order valence-corrected chi connectivity index (χ1v) is 18.1. The van der Waals surface area contributed by atoms with Crippen LogP contribution in [0.4, 0.5) is 4.39 Å². The lowest BCUT2D eigenvalue weighted by Gasteiger charge is -2.35. The number of halogens is 1. The molecule has 0 atom stereocenters. The lowest BCUT2D eigenvalue weighted by Crippen LogP contribution is -2.29. The summed E-state index contributed by atoms with van der Waals surface area (Å²) in [6.07, 6.45) is 0. The monoisotopic (exact) mass is 712 g/mol. The molecule has 0 spiro atoms. The van der Waals surface area contributed by atoms with Crippen LogP contribution in [0.3, 0.4) is 0 Å². The Hall–Kier alpha value is -7.23. The van der Waals surface area contributed by atoms with Gasteiger partial charge in [-0.25, -0.2) is 19.3 Å². The van der Waals surface area contributed by atoms with Crippen LogP contribution >= 0.6 is 0 Å². The van der Waals surface area contributed by atoms with E-state index in [1.54, 1.807) is 6.07 Å². The maximum Gasteiger partial charge on any atom is 0.164 e. The third kappa shape index (κ3) is 6.43. The highest BCUT2D eigenvalue weighted by Crippen LogP contribution is 2.46. The molecule has 9 rings (SSSR count). The van der Waals surface area contributed by atoms with E-state index < -0.39 is 11.4 Å². The fraction of sp³-hybridized carbons (Fsp3) is 0.0612. The van der Waals surface area contributed by atoms with Gasteiger partial charge in [0.1, 0.15) is 17.2 Å². The van der Waals surface area contributed by atoms with Crippen molar-refractivity contribution in [2.45, 2.75) is 19.4 Å². The predicted molar refractivity (Wildman–Crippen MR) is 216 cm³/mol. The maximum absolute atomic E-state index is 15.7. The first-order chi connectivity index (χ1) is 26.8. The molecule has 0 aliphatic carbocycles. The number of nitrogens with zero attached hydrogens (tertiary/aromatic N) is 4. The fourth-order valence-corrected chi connectivity index (χ4v) is 7.33. The van der Waals surface area contributed by atoms with Crippen molar-refractivity contribution in [2.75, 3.05) is 0 Å². The summed E-state index contributed by atoms with van der Waals surface area (Å²) in [6.45, 7) is 4.12. The van der Waals surface area contributed by atoms with E-state index in [0.717, 1.165) is 61.4 Å². The SMILES string of the molecule is CC1(C)Oc2cc(-c3cc(F)cc(-c4nc(-c5ccc(-c6ccccc6)cc5)nc(-c5cccc(-c6ccccc6C#N)c5)n4)c3)ccc2-c2ccccc21. The Morgan fingerprint density at radius 1 is 0.473 bits per heavy atom. The normalized spacial score (nSPS) is 12.5. The molecule has 1 aliphatic rings. The van der Waals surface area contributed by atoms with Crippen LogP contribution in [-0.2, 0) is 5.60 Å². The number of aromatic nitrogens is 3. The molecule has 0 amide bonds. The van der Waals surface area contributed by atoms with E-state index in [9.17, 15) is 5.26 Å². The summed E-state index contributed by atoms with van der Waals surface area (Å²) < 4.78 is 22.2. The summed E-state index contributed by atoms with van der Waals surface area (Å²) in [5, 5.41) is 9.81. The third-order valence-electron chi connectivity index (χ3n) is 10.1. The van der Waals surface area contributed by atoms with Gasteiger partial charge in [0.15, 0.2) is 17.5 Å². The van der Waals surface area contributed by atoms with Gasteiger partial charge in [-0.2, -0.15) is 5.26 Å². The van der Waals surface area contributed by atoms with E-state index in [1.807, 2.05) is 121 Å². The molecule has 0 radical (unpaired) electrons. The van der Waals surface area contributed by atoms with Crippen LogP contribution in [0.1, 0.15) is 25.0 Å². The number of hydrogen-bond acceptors (Lipinski definition) is 5. The second kappa shape index (κ2) is 13.6. The summed E-state index contributed by atoms with van der Waals surface area (Å²) in [4.78, 5) is 14.9. The topological polar surface area (TPSA) is 71.7 Å². The molecule has 6 heteroatoms. The third-order valence-corrected chi connectivity index (χ3v) is 10.1. The lowest BCUT2D eigenvalue weighted by atomic mass is 9.85. The van der Waals surface area contributed by atoms with Crippen LogP contribution in [-0.4, -0.2) is 15.0 Å². The van der Waals surface area contributed by atoms with Crippen LogP contribution in [0.2, 0.25) is 0 Å². The van der Waals surface area contributed by atoms with Gasteiger partial charge in [0.05, 0.1) is 11.6 Å². The van der Waals surface area contributed by atoms with Gasteiger partial charge in [0.25, 0.3) is 0 Å². The molecule has 1 aromatic heterocycles. The number of fused-ring (bicyclic) bond motifs is 3. The number of rotatable bonds is 6. The molecule has 1 aliphatic heterocycles. The van der Waals surface area contributed by atoms with Crippen molar-refractivity contribution in [1.82, 2.24) is 15.0 Å². The first-order valence-electron chi connectivity index (χ1n) is 18.1. The van der Waals surface area contributed by atoms with Gasteiger partial charge in [-0.3, -0.25) is 0 Å². The molecule has 0 N–H and O–H groups in total. The summed E-state index contributed by atoms with van der Waals surface area (Å²) in [5.41, 5.74) is 10.7. The molecule has 0 fully saturated rings. The molecular formula is C49H33FN4O. The summed E-state index contributed by atoms with van der Waals surface area (Å²) >= 11 is 0. The zero-order chi connectivity index (χ0) is 37.5. The molecule has 2 heterocycles. The van der Waals surface area contributed by atoms with E-state index in [1.165, 1.54) is 12.1 Å². The highest BCUT2D eigenvalue weighted by atomic mass is 19.1. The fourth-order valence-electron chi connectivity index (χ4n) is 7.33. The minimum atomic E-state index is -0.527. The van der Waals surface area contributed by atoms with E-state index in [2.05, 4.69) is 44.2 Å². The van der Waals surface area contributed by atoms with Crippen LogP contribution in [0.15, 0.2) is 164 Å². The highest BCUT2D eigenvalue weighted by molar-refractivity contribution is 5.82. The minimum Gasteiger partial charge on any atom is -0.482 e. The van der Waals surface area contributed by atoms with Gasteiger partial charge >= 0.3 is 0 Å². The molecule has 0 bridgehead atoms. The Balaban J connectivity index is 1.16. The van der Waals surface area contributed by atoms with Gasteiger partial charge in [-0.15, -0.1) is 0 Å². The highest BCUT2D eigenvalue weighted by Gasteiger charge is 2.32. The first kappa shape index (κ1) is 33.6. The predicted octanol–water partition coefficient (Wildman–Crippen LogP) is 12.2. The Bertz CT molecular complexity index is 2790.